The van der Waals surface area contributed by atoms with E-state index >= 15 is 0 Å². The maximum atomic E-state index is 11.7. The van der Waals surface area contributed by atoms with Gasteiger partial charge in [-0.2, -0.15) is 5.10 Å². The molecule has 0 N–H and O–H groups in total. The summed E-state index contributed by atoms with van der Waals surface area (Å²) in [7, 11) is 3.21. The number of hydrogen-bond donors (Lipinski definition) is 0. The lowest BCUT2D eigenvalue weighted by Gasteiger charge is -2.06. The van der Waals surface area contributed by atoms with Gasteiger partial charge >= 0.3 is 5.97 Å². The van der Waals surface area contributed by atoms with Crippen LogP contribution in [0.5, 0.6) is 0 Å². The van der Waals surface area contributed by atoms with Crippen molar-refractivity contribution in [3.05, 3.63) is 47.8 Å². The van der Waals surface area contributed by atoms with Gasteiger partial charge in [0.15, 0.2) is 11.5 Å². The van der Waals surface area contributed by atoms with Crippen LogP contribution in [-0.4, -0.2) is 37.6 Å². The number of carbonyl (C=O) groups excluding carboxylic acids is 1. The predicted molar refractivity (Wildman–Crippen MR) is 84.3 cm³/mol. The van der Waals surface area contributed by atoms with E-state index in [1.807, 2.05) is 48.9 Å². The van der Waals surface area contributed by atoms with Crippen LogP contribution < -0.4 is 0 Å². The Bertz CT molecular complexity index is 836. The zero-order valence-electron chi connectivity index (χ0n) is 13.2. The molecule has 0 spiro atoms. The Morgan fingerprint density at radius 3 is 2.61 bits per heavy atom. The highest BCUT2D eigenvalue weighted by Crippen LogP contribution is 2.19. The van der Waals surface area contributed by atoms with E-state index in [-0.39, 0.29) is 5.69 Å². The first-order chi connectivity index (χ1) is 11.2. The highest BCUT2D eigenvalue weighted by molar-refractivity contribution is 5.87. The van der Waals surface area contributed by atoms with E-state index in [0.29, 0.717) is 12.4 Å². The number of methoxy groups -OCH3 is 1. The first kappa shape index (κ1) is 15.0. The van der Waals surface area contributed by atoms with Gasteiger partial charge in [0, 0.05) is 18.3 Å². The maximum absolute atomic E-state index is 11.7. The number of nitrogens with zero attached hydrogens (tertiary/aromatic N) is 5. The van der Waals surface area contributed by atoms with Crippen molar-refractivity contribution >= 4 is 5.97 Å². The largest absolute Gasteiger partial charge is 0.464 e. The van der Waals surface area contributed by atoms with Crippen LogP contribution in [0.2, 0.25) is 0 Å². The van der Waals surface area contributed by atoms with Crippen LogP contribution in [0, 0.1) is 0 Å². The molecule has 0 fully saturated rings. The average Bonchev–Trinajstić information content (AvgIpc) is 3.18. The molecule has 0 aliphatic carbocycles. The van der Waals surface area contributed by atoms with Gasteiger partial charge in [-0.05, 0) is 12.5 Å². The van der Waals surface area contributed by atoms with Crippen LogP contribution in [0.25, 0.3) is 17.3 Å². The first-order valence-electron chi connectivity index (χ1n) is 7.28. The SMILES string of the molecule is CCc1cc(C(=O)OC)nn1-c1nnc(-c2ccccc2)n1C. The molecule has 3 rings (SSSR count). The minimum atomic E-state index is -0.469. The highest BCUT2D eigenvalue weighted by atomic mass is 16.5. The van der Waals surface area contributed by atoms with Crippen molar-refractivity contribution in [1.29, 1.82) is 0 Å². The van der Waals surface area contributed by atoms with E-state index < -0.39 is 5.97 Å². The molecule has 0 unspecified atom stereocenters. The standard InChI is InChI=1S/C16H17N5O2/c1-4-12-10-13(15(22)23-3)19-21(12)16-18-17-14(20(16)2)11-8-6-5-7-9-11/h5-10H,4H2,1-3H3. The number of ether oxygens (including phenoxy) is 1. The summed E-state index contributed by atoms with van der Waals surface area (Å²) >= 11 is 0. The summed E-state index contributed by atoms with van der Waals surface area (Å²) in [5.41, 5.74) is 2.08. The molecule has 0 aliphatic heterocycles. The van der Waals surface area contributed by atoms with E-state index in [2.05, 4.69) is 15.3 Å². The van der Waals surface area contributed by atoms with Crippen molar-refractivity contribution in [2.24, 2.45) is 7.05 Å². The topological polar surface area (TPSA) is 74.8 Å². The summed E-state index contributed by atoms with van der Waals surface area (Å²) in [6, 6.07) is 11.5. The van der Waals surface area contributed by atoms with Crippen LogP contribution in [0.4, 0.5) is 0 Å². The van der Waals surface area contributed by atoms with Crippen molar-refractivity contribution in [2.45, 2.75) is 13.3 Å². The van der Waals surface area contributed by atoms with Crippen LogP contribution >= 0.6 is 0 Å². The van der Waals surface area contributed by atoms with Crippen molar-refractivity contribution in [3.8, 4) is 17.3 Å². The molecule has 0 saturated heterocycles. The van der Waals surface area contributed by atoms with Crippen LogP contribution in [-0.2, 0) is 18.2 Å². The number of aryl methyl sites for hydroxylation is 1. The molecule has 3 aromatic rings. The lowest BCUT2D eigenvalue weighted by atomic mass is 10.2. The summed E-state index contributed by atoms with van der Waals surface area (Å²) in [6.07, 6.45) is 0.706. The van der Waals surface area contributed by atoms with Gasteiger partial charge in [-0.1, -0.05) is 37.3 Å². The number of carbonyl (C=O) groups is 1. The van der Waals surface area contributed by atoms with Gasteiger partial charge in [-0.25, -0.2) is 9.48 Å². The van der Waals surface area contributed by atoms with Crippen LogP contribution in [0.15, 0.2) is 36.4 Å². The summed E-state index contributed by atoms with van der Waals surface area (Å²) in [5, 5.41) is 12.8. The fourth-order valence-corrected chi connectivity index (χ4v) is 2.39. The fourth-order valence-electron chi connectivity index (χ4n) is 2.39. The Kier molecular flexibility index (Phi) is 3.92. The minimum Gasteiger partial charge on any atom is -0.464 e. The monoisotopic (exact) mass is 311 g/mol. The van der Waals surface area contributed by atoms with Crippen molar-refractivity contribution in [3.63, 3.8) is 0 Å². The number of aromatic nitrogens is 5. The second kappa shape index (κ2) is 6.04. The molecule has 0 aliphatic rings. The fraction of sp³-hybridized carbons (Fsp3) is 0.250. The Labute approximate surface area is 133 Å². The smallest absolute Gasteiger partial charge is 0.358 e. The Morgan fingerprint density at radius 2 is 1.96 bits per heavy atom. The molecule has 23 heavy (non-hydrogen) atoms. The van der Waals surface area contributed by atoms with Crippen molar-refractivity contribution < 1.29 is 9.53 Å². The quantitative estimate of drug-likeness (QED) is 0.689. The van der Waals surface area contributed by atoms with Crippen LogP contribution in [0.3, 0.4) is 0 Å². The number of hydrogen-bond acceptors (Lipinski definition) is 5. The molecular formula is C16H17N5O2. The third-order valence-electron chi connectivity index (χ3n) is 3.61. The average molecular weight is 311 g/mol. The lowest BCUT2D eigenvalue weighted by Crippen LogP contribution is -2.10. The zero-order chi connectivity index (χ0) is 16.4. The number of esters is 1. The Hall–Kier alpha value is -2.96. The molecule has 7 heteroatoms. The van der Waals surface area contributed by atoms with E-state index in [9.17, 15) is 4.79 Å². The first-order valence-corrected chi connectivity index (χ1v) is 7.28. The van der Waals surface area contributed by atoms with Gasteiger partial charge in [0.25, 0.3) is 5.95 Å². The zero-order valence-corrected chi connectivity index (χ0v) is 13.2. The molecular weight excluding hydrogens is 294 g/mol. The summed E-state index contributed by atoms with van der Waals surface area (Å²) < 4.78 is 8.21. The third kappa shape index (κ3) is 2.61. The van der Waals surface area contributed by atoms with Gasteiger partial charge in [-0.15, -0.1) is 10.2 Å². The predicted octanol–water partition coefficient (Wildman–Crippen LogP) is 2.02. The molecule has 7 nitrogen and oxygen atoms in total. The van der Waals surface area contributed by atoms with E-state index in [1.165, 1.54) is 7.11 Å². The van der Waals surface area contributed by atoms with E-state index in [4.69, 9.17) is 4.74 Å². The third-order valence-corrected chi connectivity index (χ3v) is 3.61. The van der Waals surface area contributed by atoms with E-state index in [1.54, 1.807) is 10.7 Å². The number of rotatable bonds is 4. The number of benzene rings is 1. The van der Waals surface area contributed by atoms with Gasteiger partial charge in [0.05, 0.1) is 7.11 Å². The summed E-state index contributed by atoms with van der Waals surface area (Å²) in [6.45, 7) is 1.99. The maximum Gasteiger partial charge on any atom is 0.358 e. The van der Waals surface area contributed by atoms with Gasteiger partial charge in [-0.3, -0.25) is 4.57 Å². The Morgan fingerprint density at radius 1 is 1.22 bits per heavy atom. The molecule has 0 radical (unpaired) electrons. The van der Waals surface area contributed by atoms with Crippen LogP contribution in [0.1, 0.15) is 23.1 Å². The normalized spacial score (nSPS) is 10.7. The second-order valence-electron chi connectivity index (χ2n) is 5.03. The summed E-state index contributed by atoms with van der Waals surface area (Å²) in [4.78, 5) is 11.7. The van der Waals surface area contributed by atoms with Gasteiger partial charge in [0.2, 0.25) is 0 Å². The van der Waals surface area contributed by atoms with E-state index in [0.717, 1.165) is 17.1 Å². The minimum absolute atomic E-state index is 0.258. The molecule has 0 saturated carbocycles. The molecule has 0 atom stereocenters. The van der Waals surface area contributed by atoms with Gasteiger partial charge < -0.3 is 4.74 Å². The van der Waals surface area contributed by atoms with Gasteiger partial charge in [0.1, 0.15) is 0 Å². The molecule has 1 aromatic carbocycles. The summed E-state index contributed by atoms with van der Waals surface area (Å²) in [5.74, 6) is 0.817. The molecule has 0 bridgehead atoms. The molecule has 0 amide bonds. The molecule has 2 aromatic heterocycles. The second-order valence-corrected chi connectivity index (χ2v) is 5.03. The molecule has 2 heterocycles. The highest BCUT2D eigenvalue weighted by Gasteiger charge is 2.19. The van der Waals surface area contributed by atoms with Crippen molar-refractivity contribution in [1.82, 2.24) is 24.5 Å². The molecule has 118 valence electrons. The van der Waals surface area contributed by atoms with Crippen molar-refractivity contribution in [2.75, 3.05) is 7.11 Å². The Balaban J connectivity index is 2.08. The lowest BCUT2D eigenvalue weighted by molar-refractivity contribution is 0.0593.